The van der Waals surface area contributed by atoms with Crippen molar-refractivity contribution < 1.29 is 19.4 Å². The number of alkyl carbamates (subject to hydrolysis) is 1. The summed E-state index contributed by atoms with van der Waals surface area (Å²) in [7, 11) is -1.56. The molecule has 0 bridgehead atoms. The van der Waals surface area contributed by atoms with E-state index in [1.54, 1.807) is 0 Å². The van der Waals surface area contributed by atoms with Gasteiger partial charge in [-0.15, -0.1) is 0 Å². The van der Waals surface area contributed by atoms with Crippen molar-refractivity contribution in [3.05, 3.63) is 0 Å². The Hall–Kier alpha value is -1.04. The van der Waals surface area contributed by atoms with Crippen LogP contribution < -0.4 is 5.32 Å². The molecule has 0 aromatic rings. The predicted octanol–water partition coefficient (Wildman–Crippen LogP) is 2.48. The van der Waals surface area contributed by atoms with Crippen molar-refractivity contribution in [3.63, 3.8) is 0 Å². The Kier molecular flexibility index (Phi) is 6.38. The molecule has 1 amide bonds. The number of rotatable bonds is 6. The second-order valence-corrected chi connectivity index (χ2v) is 11.6. The zero-order chi connectivity index (χ0) is 14.5. The van der Waals surface area contributed by atoms with Gasteiger partial charge < -0.3 is 15.2 Å². The average molecular weight is 275 g/mol. The monoisotopic (exact) mass is 275 g/mol. The molecule has 0 saturated heterocycles. The van der Waals surface area contributed by atoms with Crippen LogP contribution in [0, 0.1) is 5.92 Å². The topological polar surface area (TPSA) is 75.6 Å². The lowest BCUT2D eigenvalue weighted by atomic mass is 10.0. The van der Waals surface area contributed by atoms with Gasteiger partial charge in [0.05, 0.1) is 13.8 Å². The average Bonchev–Trinajstić information content (AvgIpc) is 2.13. The van der Waals surface area contributed by atoms with Crippen LogP contribution in [0.1, 0.15) is 27.2 Å². The molecule has 0 fully saturated rings. The van der Waals surface area contributed by atoms with Crippen LogP contribution in [0.5, 0.6) is 0 Å². The number of carboxylic acid groups (broad SMARTS) is 1. The lowest BCUT2D eigenvalue weighted by Crippen LogP contribution is -2.46. The number of carbonyl (C=O) groups excluding carboxylic acids is 1. The first-order chi connectivity index (χ1) is 8.04. The molecule has 5 nitrogen and oxygen atoms in total. The van der Waals surface area contributed by atoms with Crippen molar-refractivity contribution in [1.82, 2.24) is 5.32 Å². The lowest BCUT2D eigenvalue weighted by Gasteiger charge is -2.26. The summed E-state index contributed by atoms with van der Waals surface area (Å²) in [4.78, 5) is 22.6. The molecule has 0 aliphatic carbocycles. The van der Waals surface area contributed by atoms with Crippen LogP contribution in [0.4, 0.5) is 4.79 Å². The van der Waals surface area contributed by atoms with E-state index in [0.29, 0.717) is 6.42 Å². The van der Waals surface area contributed by atoms with Crippen LogP contribution in [-0.2, 0) is 9.53 Å². The van der Waals surface area contributed by atoms with Crippen LogP contribution in [0.15, 0.2) is 0 Å². The molecule has 18 heavy (non-hydrogen) atoms. The molecule has 1 unspecified atom stereocenters. The van der Waals surface area contributed by atoms with E-state index >= 15 is 0 Å². The Balaban J connectivity index is 4.39. The van der Waals surface area contributed by atoms with Crippen molar-refractivity contribution >= 4 is 20.1 Å². The van der Waals surface area contributed by atoms with Crippen LogP contribution in [0.2, 0.25) is 19.6 Å². The number of ether oxygens (including phenoxy) is 1. The highest BCUT2D eigenvalue weighted by Crippen LogP contribution is 2.11. The van der Waals surface area contributed by atoms with Gasteiger partial charge in [-0.3, -0.25) is 0 Å². The van der Waals surface area contributed by atoms with E-state index in [1.165, 1.54) is 0 Å². The first-order valence-corrected chi connectivity index (χ1v) is 9.81. The zero-order valence-electron chi connectivity index (χ0n) is 12.1. The molecule has 0 saturated carbocycles. The van der Waals surface area contributed by atoms with Crippen LogP contribution in [0.25, 0.3) is 0 Å². The SMILES string of the molecule is CC(C)C[C@H](NC(=O)OC(C)[Si](C)(C)C)C(=O)O. The van der Waals surface area contributed by atoms with Gasteiger partial charge in [0.25, 0.3) is 0 Å². The van der Waals surface area contributed by atoms with Crippen LogP contribution >= 0.6 is 0 Å². The molecular weight excluding hydrogens is 250 g/mol. The minimum Gasteiger partial charge on any atom is -0.480 e. The molecule has 6 heteroatoms. The van der Waals surface area contributed by atoms with Gasteiger partial charge in [-0.25, -0.2) is 9.59 Å². The first-order valence-electron chi connectivity index (χ1n) is 6.24. The van der Waals surface area contributed by atoms with E-state index in [-0.39, 0.29) is 11.6 Å². The van der Waals surface area contributed by atoms with E-state index in [4.69, 9.17) is 9.84 Å². The minimum atomic E-state index is -1.56. The summed E-state index contributed by atoms with van der Waals surface area (Å²) in [5.74, 6) is -0.831. The largest absolute Gasteiger partial charge is 0.480 e. The number of carboxylic acids is 1. The van der Waals surface area contributed by atoms with Crippen molar-refractivity contribution in [2.75, 3.05) is 0 Å². The van der Waals surface area contributed by atoms with Crippen molar-refractivity contribution in [1.29, 1.82) is 0 Å². The summed E-state index contributed by atoms with van der Waals surface area (Å²) >= 11 is 0. The molecule has 0 radical (unpaired) electrons. The lowest BCUT2D eigenvalue weighted by molar-refractivity contribution is -0.139. The van der Waals surface area contributed by atoms with Gasteiger partial charge in [0, 0.05) is 0 Å². The third kappa shape index (κ3) is 6.63. The molecule has 0 rings (SSSR count). The van der Waals surface area contributed by atoms with Crippen molar-refractivity contribution in [2.24, 2.45) is 5.92 Å². The Morgan fingerprint density at radius 3 is 2.06 bits per heavy atom. The fourth-order valence-electron chi connectivity index (χ4n) is 1.21. The Bertz CT molecular complexity index is 299. The van der Waals surface area contributed by atoms with E-state index in [0.717, 1.165) is 0 Å². The van der Waals surface area contributed by atoms with E-state index in [2.05, 4.69) is 25.0 Å². The maximum absolute atomic E-state index is 11.6. The maximum atomic E-state index is 11.6. The highest BCUT2D eigenvalue weighted by atomic mass is 28.3. The highest BCUT2D eigenvalue weighted by Gasteiger charge is 2.28. The maximum Gasteiger partial charge on any atom is 0.407 e. The van der Waals surface area contributed by atoms with Crippen molar-refractivity contribution in [2.45, 2.75) is 58.6 Å². The molecule has 2 N–H and O–H groups in total. The van der Waals surface area contributed by atoms with Crippen LogP contribution in [0.3, 0.4) is 0 Å². The molecule has 0 aliphatic heterocycles. The summed E-state index contributed by atoms with van der Waals surface area (Å²) in [6, 6.07) is -0.883. The summed E-state index contributed by atoms with van der Waals surface area (Å²) in [6.45, 7) is 11.9. The highest BCUT2D eigenvalue weighted by molar-refractivity contribution is 6.77. The van der Waals surface area contributed by atoms with E-state index in [1.807, 2.05) is 20.8 Å². The molecule has 0 spiro atoms. The first kappa shape index (κ1) is 17.0. The fraction of sp³-hybridized carbons (Fsp3) is 0.833. The molecule has 106 valence electrons. The molecular formula is C12H25NO4Si. The van der Waals surface area contributed by atoms with Gasteiger partial charge in [0.15, 0.2) is 0 Å². The zero-order valence-corrected chi connectivity index (χ0v) is 13.1. The molecule has 0 aliphatic rings. The quantitative estimate of drug-likeness (QED) is 0.730. The van der Waals surface area contributed by atoms with Crippen LogP contribution in [-0.4, -0.2) is 37.0 Å². The van der Waals surface area contributed by atoms with Gasteiger partial charge in [0.1, 0.15) is 6.04 Å². The molecule has 0 heterocycles. The standard InChI is InChI=1S/C12H25NO4Si/c1-8(2)7-10(11(14)15)13-12(16)17-9(3)18(4,5)6/h8-10H,7H2,1-6H3,(H,13,16)(H,14,15)/t9?,10-/m0/s1. The van der Waals surface area contributed by atoms with Gasteiger partial charge in [-0.1, -0.05) is 33.5 Å². The number of nitrogens with one attached hydrogen (secondary N) is 1. The molecule has 0 aromatic carbocycles. The third-order valence-corrected chi connectivity index (χ3v) is 5.36. The number of hydrogen-bond acceptors (Lipinski definition) is 3. The Morgan fingerprint density at radius 1 is 1.22 bits per heavy atom. The Labute approximate surface area is 110 Å². The third-order valence-electron chi connectivity index (χ3n) is 2.80. The van der Waals surface area contributed by atoms with Gasteiger partial charge >= 0.3 is 12.1 Å². The number of aliphatic carboxylic acids is 1. The Morgan fingerprint density at radius 2 is 1.72 bits per heavy atom. The second kappa shape index (κ2) is 6.77. The van der Waals surface area contributed by atoms with Crippen molar-refractivity contribution in [3.8, 4) is 0 Å². The summed E-state index contributed by atoms with van der Waals surface area (Å²) < 4.78 is 5.23. The summed E-state index contributed by atoms with van der Waals surface area (Å²) in [5, 5.41) is 11.4. The van der Waals surface area contributed by atoms with Gasteiger partial charge in [-0.05, 0) is 19.3 Å². The van der Waals surface area contributed by atoms with E-state index < -0.39 is 26.2 Å². The number of carbonyl (C=O) groups is 2. The number of amides is 1. The molecule has 0 aromatic heterocycles. The normalized spacial score (nSPS) is 15.1. The van der Waals surface area contributed by atoms with Gasteiger partial charge in [0.2, 0.25) is 0 Å². The minimum absolute atomic E-state index is 0.147. The molecule has 2 atom stereocenters. The smallest absolute Gasteiger partial charge is 0.407 e. The predicted molar refractivity (Wildman–Crippen MR) is 73.3 cm³/mol. The summed E-state index contributed by atoms with van der Waals surface area (Å²) in [6.07, 6.45) is -0.246. The summed E-state index contributed by atoms with van der Waals surface area (Å²) in [5.41, 5.74) is -0.147. The van der Waals surface area contributed by atoms with E-state index in [9.17, 15) is 9.59 Å². The number of hydrogen-bond donors (Lipinski definition) is 2. The second-order valence-electron chi connectivity index (χ2n) is 6.08. The van der Waals surface area contributed by atoms with Gasteiger partial charge in [-0.2, -0.15) is 0 Å². The fourth-order valence-corrected chi connectivity index (χ4v) is 1.67.